The Kier molecular flexibility index (Phi) is 6.20. The average molecular weight is 458 g/mol. The fourth-order valence-corrected chi connectivity index (χ4v) is 7.53. The summed E-state index contributed by atoms with van der Waals surface area (Å²) in [6, 6.07) is 8.32. The normalized spacial score (nSPS) is 21.8. The van der Waals surface area contributed by atoms with Crippen molar-refractivity contribution in [3.05, 3.63) is 45.8 Å². The Labute approximate surface area is 187 Å². The van der Waals surface area contributed by atoms with E-state index in [4.69, 9.17) is 0 Å². The summed E-state index contributed by atoms with van der Waals surface area (Å²) in [6.07, 6.45) is 5.64. The fraction of sp³-hybridized carbons (Fsp3) is 0.478. The number of nitrogens with one attached hydrogen (secondary N) is 1. The van der Waals surface area contributed by atoms with Gasteiger partial charge in [-0.15, -0.1) is 11.3 Å². The number of nitrogens with zero attached hydrogens (tertiary/aromatic N) is 2. The second kappa shape index (κ2) is 8.73. The Morgan fingerprint density at radius 2 is 1.94 bits per heavy atom. The highest BCUT2D eigenvalue weighted by atomic mass is 32.2. The van der Waals surface area contributed by atoms with Gasteiger partial charge in [0.05, 0.1) is 10.5 Å². The third-order valence-electron chi connectivity index (χ3n) is 6.32. The van der Waals surface area contributed by atoms with Gasteiger partial charge >= 0.3 is 0 Å². The van der Waals surface area contributed by atoms with Gasteiger partial charge in [0.15, 0.2) is 0 Å². The molecule has 1 aromatic carbocycles. The number of amides is 1. The summed E-state index contributed by atoms with van der Waals surface area (Å²) >= 11 is 1.48. The van der Waals surface area contributed by atoms with Crippen LogP contribution in [0.25, 0.3) is 0 Å². The van der Waals surface area contributed by atoms with Crippen LogP contribution < -0.4 is 5.32 Å². The molecule has 0 unspecified atom stereocenters. The molecule has 31 heavy (non-hydrogen) atoms. The van der Waals surface area contributed by atoms with E-state index in [1.54, 1.807) is 16.4 Å². The topological polar surface area (TPSA) is 90.3 Å². The summed E-state index contributed by atoms with van der Waals surface area (Å²) < 4.78 is 27.5. The lowest BCUT2D eigenvalue weighted by Crippen LogP contribution is -2.41. The summed E-state index contributed by atoms with van der Waals surface area (Å²) in [5.74, 6) is 0.247. The minimum Gasteiger partial charge on any atom is -0.312 e. The van der Waals surface area contributed by atoms with E-state index in [1.165, 1.54) is 28.3 Å². The SMILES string of the molecule is C[C@@H]1CCc2c(sc(NC(=O)c3ccc(S(=O)(=O)N4CCCC[C@H]4C)cc3)c2C#N)C1. The maximum Gasteiger partial charge on any atom is 0.256 e. The molecule has 164 valence electrons. The number of piperidine rings is 1. The highest BCUT2D eigenvalue weighted by molar-refractivity contribution is 7.89. The van der Waals surface area contributed by atoms with Crippen LogP contribution in [0.15, 0.2) is 29.2 Å². The van der Waals surface area contributed by atoms with Crippen LogP contribution in [0.1, 0.15) is 65.9 Å². The van der Waals surface area contributed by atoms with Crippen LogP contribution in [-0.2, 0) is 22.9 Å². The molecule has 0 saturated carbocycles. The molecule has 1 fully saturated rings. The molecule has 0 radical (unpaired) electrons. The predicted molar refractivity (Wildman–Crippen MR) is 122 cm³/mol. The number of hydrogen-bond donors (Lipinski definition) is 1. The molecule has 1 aromatic heterocycles. The highest BCUT2D eigenvalue weighted by Gasteiger charge is 2.31. The first-order valence-corrected chi connectivity index (χ1v) is 13.0. The van der Waals surface area contributed by atoms with Crippen molar-refractivity contribution < 1.29 is 13.2 Å². The molecule has 6 nitrogen and oxygen atoms in total. The van der Waals surface area contributed by atoms with Gasteiger partial charge in [-0.25, -0.2) is 8.42 Å². The Hall–Kier alpha value is -2.21. The Morgan fingerprint density at radius 1 is 1.19 bits per heavy atom. The van der Waals surface area contributed by atoms with Gasteiger partial charge in [-0.2, -0.15) is 9.57 Å². The standard InChI is InChI=1S/C23H27N3O3S2/c1-15-6-11-19-20(14-24)23(30-21(19)13-15)25-22(27)17-7-9-18(10-8-17)31(28,29)26-12-4-3-5-16(26)2/h7-10,15-16H,3-6,11-13H2,1-2H3,(H,25,27)/t15-,16-/m1/s1. The molecule has 1 N–H and O–H groups in total. The number of fused-ring (bicyclic) bond motifs is 1. The molecule has 1 aliphatic carbocycles. The van der Waals surface area contributed by atoms with E-state index in [-0.39, 0.29) is 16.8 Å². The number of sulfonamides is 1. The number of hydrogen-bond acceptors (Lipinski definition) is 5. The largest absolute Gasteiger partial charge is 0.312 e. The first-order chi connectivity index (χ1) is 14.8. The lowest BCUT2D eigenvalue weighted by atomic mass is 9.88. The van der Waals surface area contributed by atoms with Gasteiger partial charge in [0.1, 0.15) is 11.1 Å². The van der Waals surface area contributed by atoms with Crippen molar-refractivity contribution >= 4 is 32.3 Å². The van der Waals surface area contributed by atoms with Crippen LogP contribution in [0.5, 0.6) is 0 Å². The van der Waals surface area contributed by atoms with Crippen molar-refractivity contribution in [2.45, 2.75) is 63.3 Å². The molecule has 0 spiro atoms. The van der Waals surface area contributed by atoms with E-state index < -0.39 is 10.0 Å². The Bertz CT molecular complexity index is 1130. The molecular weight excluding hydrogens is 430 g/mol. The smallest absolute Gasteiger partial charge is 0.256 e. The van der Waals surface area contributed by atoms with Gasteiger partial charge in [0, 0.05) is 23.0 Å². The van der Waals surface area contributed by atoms with E-state index in [9.17, 15) is 18.5 Å². The molecule has 2 aromatic rings. The molecule has 2 aliphatic rings. The monoisotopic (exact) mass is 457 g/mol. The second-order valence-electron chi connectivity index (χ2n) is 8.61. The van der Waals surface area contributed by atoms with Crippen LogP contribution >= 0.6 is 11.3 Å². The van der Waals surface area contributed by atoms with Gasteiger partial charge < -0.3 is 5.32 Å². The summed E-state index contributed by atoms with van der Waals surface area (Å²) in [4.78, 5) is 14.2. The van der Waals surface area contributed by atoms with Gasteiger partial charge in [-0.05, 0) is 74.8 Å². The molecular formula is C23H27N3O3S2. The zero-order chi connectivity index (χ0) is 22.2. The van der Waals surface area contributed by atoms with Crippen LogP contribution in [-0.4, -0.2) is 31.2 Å². The zero-order valence-corrected chi connectivity index (χ0v) is 19.5. The van der Waals surface area contributed by atoms with Crippen molar-refractivity contribution in [2.75, 3.05) is 11.9 Å². The summed E-state index contributed by atoms with van der Waals surface area (Å²) in [5.41, 5.74) is 2.01. The predicted octanol–water partition coefficient (Wildman–Crippen LogP) is 4.56. The summed E-state index contributed by atoms with van der Waals surface area (Å²) in [7, 11) is -3.57. The minimum absolute atomic E-state index is 0.0151. The first-order valence-electron chi connectivity index (χ1n) is 10.8. The lowest BCUT2D eigenvalue weighted by molar-refractivity contribution is 0.102. The molecule has 0 bridgehead atoms. The van der Waals surface area contributed by atoms with Crippen molar-refractivity contribution in [1.82, 2.24) is 4.31 Å². The highest BCUT2D eigenvalue weighted by Crippen LogP contribution is 2.39. The van der Waals surface area contributed by atoms with Gasteiger partial charge in [-0.1, -0.05) is 13.3 Å². The fourth-order valence-electron chi connectivity index (χ4n) is 4.47. The summed E-state index contributed by atoms with van der Waals surface area (Å²) in [5, 5.41) is 13.1. The Balaban J connectivity index is 1.53. The molecule has 1 amide bonds. The average Bonchev–Trinajstić information content (AvgIpc) is 3.09. The zero-order valence-electron chi connectivity index (χ0n) is 17.8. The quantitative estimate of drug-likeness (QED) is 0.729. The minimum atomic E-state index is -3.57. The molecule has 2 atom stereocenters. The molecule has 4 rings (SSSR count). The number of carbonyl (C=O) groups is 1. The van der Waals surface area contributed by atoms with Crippen molar-refractivity contribution in [3.8, 4) is 6.07 Å². The number of anilines is 1. The van der Waals surface area contributed by atoms with Crippen LogP contribution in [0.2, 0.25) is 0 Å². The maximum atomic E-state index is 13.0. The second-order valence-corrected chi connectivity index (χ2v) is 11.6. The third-order valence-corrected chi connectivity index (χ3v) is 9.51. The molecule has 1 aliphatic heterocycles. The lowest BCUT2D eigenvalue weighted by Gasteiger charge is -2.32. The van der Waals surface area contributed by atoms with Gasteiger partial charge in [0.2, 0.25) is 10.0 Å². The molecule has 8 heteroatoms. The van der Waals surface area contributed by atoms with E-state index in [1.807, 2.05) is 6.92 Å². The summed E-state index contributed by atoms with van der Waals surface area (Å²) in [6.45, 7) is 4.67. The Morgan fingerprint density at radius 3 is 2.61 bits per heavy atom. The van der Waals surface area contributed by atoms with E-state index in [0.717, 1.165) is 44.1 Å². The van der Waals surface area contributed by atoms with E-state index in [2.05, 4.69) is 18.3 Å². The van der Waals surface area contributed by atoms with Crippen molar-refractivity contribution in [3.63, 3.8) is 0 Å². The number of nitriles is 1. The number of rotatable bonds is 4. The number of thiophene rings is 1. The van der Waals surface area contributed by atoms with Crippen molar-refractivity contribution in [1.29, 1.82) is 5.26 Å². The van der Waals surface area contributed by atoms with E-state index in [0.29, 0.717) is 28.6 Å². The van der Waals surface area contributed by atoms with E-state index >= 15 is 0 Å². The maximum absolute atomic E-state index is 13.0. The van der Waals surface area contributed by atoms with Crippen molar-refractivity contribution in [2.24, 2.45) is 5.92 Å². The molecule has 2 heterocycles. The number of benzene rings is 1. The first kappa shape index (κ1) is 22.0. The van der Waals surface area contributed by atoms with Crippen LogP contribution in [0, 0.1) is 17.2 Å². The third kappa shape index (κ3) is 4.27. The van der Waals surface area contributed by atoms with Gasteiger partial charge in [0.25, 0.3) is 5.91 Å². The van der Waals surface area contributed by atoms with Gasteiger partial charge in [-0.3, -0.25) is 4.79 Å². The van der Waals surface area contributed by atoms with Crippen LogP contribution in [0.3, 0.4) is 0 Å². The molecule has 1 saturated heterocycles. The van der Waals surface area contributed by atoms with Crippen LogP contribution in [0.4, 0.5) is 5.00 Å². The number of carbonyl (C=O) groups excluding carboxylic acids is 1.